The molecule has 0 saturated heterocycles. The molecule has 0 aliphatic rings. The van der Waals surface area contributed by atoms with Crippen LogP contribution in [0.15, 0.2) is 71.8 Å². The SMILES string of the molecule is O=C(Nc1cccc(Nc2ccc([N+](=O)[O-])c3nc[nH]c(=O)c23)c1)c1cccc(Cl)c1. The maximum absolute atomic E-state index is 12.4. The molecule has 154 valence electrons. The number of fused-ring (bicyclic) bond motifs is 1. The van der Waals surface area contributed by atoms with Gasteiger partial charge in [-0.2, -0.15) is 0 Å². The average molecular weight is 436 g/mol. The van der Waals surface area contributed by atoms with Crippen molar-refractivity contribution in [2.45, 2.75) is 0 Å². The Hall–Kier alpha value is -4.24. The third-order valence-corrected chi connectivity index (χ3v) is 4.69. The van der Waals surface area contributed by atoms with E-state index >= 15 is 0 Å². The van der Waals surface area contributed by atoms with Gasteiger partial charge in [-0.1, -0.05) is 23.7 Å². The van der Waals surface area contributed by atoms with Gasteiger partial charge in [-0.05, 0) is 42.5 Å². The minimum Gasteiger partial charge on any atom is -0.355 e. The fraction of sp³-hybridized carbons (Fsp3) is 0. The predicted molar refractivity (Wildman–Crippen MR) is 118 cm³/mol. The largest absolute Gasteiger partial charge is 0.355 e. The Morgan fingerprint density at radius 3 is 2.61 bits per heavy atom. The second-order valence-corrected chi connectivity index (χ2v) is 6.95. The smallest absolute Gasteiger partial charge is 0.295 e. The van der Waals surface area contributed by atoms with E-state index in [1.165, 1.54) is 12.1 Å². The molecule has 1 heterocycles. The number of halogens is 1. The standard InChI is InChI=1S/C21H14ClN5O4/c22-13-4-1-3-12(9-13)20(28)26-15-6-2-5-14(10-15)25-16-7-8-17(27(30)31)19-18(16)21(29)24-11-23-19/h1-11,25H,(H,26,28)(H,23,24,29). The third-order valence-electron chi connectivity index (χ3n) is 4.46. The van der Waals surface area contributed by atoms with Crippen molar-refractivity contribution in [3.8, 4) is 0 Å². The lowest BCUT2D eigenvalue weighted by Gasteiger charge is -2.11. The minimum absolute atomic E-state index is 0.0239. The van der Waals surface area contributed by atoms with Crippen LogP contribution in [0, 0.1) is 10.1 Å². The molecule has 4 aromatic rings. The van der Waals surface area contributed by atoms with Gasteiger partial charge in [-0.3, -0.25) is 19.7 Å². The van der Waals surface area contributed by atoms with Crippen LogP contribution < -0.4 is 16.2 Å². The Labute approximate surface area is 179 Å². The van der Waals surface area contributed by atoms with Crippen molar-refractivity contribution in [3.63, 3.8) is 0 Å². The van der Waals surface area contributed by atoms with Crippen LogP contribution in [-0.4, -0.2) is 20.8 Å². The van der Waals surface area contributed by atoms with Gasteiger partial charge in [0.25, 0.3) is 17.2 Å². The number of rotatable bonds is 5. The summed E-state index contributed by atoms with van der Waals surface area (Å²) < 4.78 is 0. The van der Waals surface area contributed by atoms with Crippen molar-refractivity contribution in [1.29, 1.82) is 0 Å². The van der Waals surface area contributed by atoms with Gasteiger partial charge in [0.1, 0.15) is 0 Å². The number of benzene rings is 3. The number of nitrogens with zero attached hydrogens (tertiary/aromatic N) is 2. The van der Waals surface area contributed by atoms with Gasteiger partial charge < -0.3 is 15.6 Å². The summed E-state index contributed by atoms with van der Waals surface area (Å²) in [6.07, 6.45) is 1.12. The second kappa shape index (κ2) is 8.25. The van der Waals surface area contributed by atoms with Crippen LogP contribution in [0.25, 0.3) is 10.9 Å². The van der Waals surface area contributed by atoms with Crippen LogP contribution in [-0.2, 0) is 0 Å². The van der Waals surface area contributed by atoms with Gasteiger partial charge in [0.15, 0.2) is 5.52 Å². The lowest BCUT2D eigenvalue weighted by Crippen LogP contribution is -2.12. The van der Waals surface area contributed by atoms with Gasteiger partial charge in [0, 0.05) is 28.0 Å². The van der Waals surface area contributed by atoms with Gasteiger partial charge in [0.05, 0.1) is 22.3 Å². The number of amides is 1. The van der Waals surface area contributed by atoms with Gasteiger partial charge >= 0.3 is 0 Å². The molecule has 0 saturated carbocycles. The van der Waals surface area contributed by atoms with Crippen LogP contribution in [0.2, 0.25) is 5.02 Å². The molecule has 1 aromatic heterocycles. The van der Waals surface area contributed by atoms with E-state index in [2.05, 4.69) is 20.6 Å². The number of nitrogens with one attached hydrogen (secondary N) is 3. The molecule has 0 fully saturated rings. The molecule has 0 aliphatic heterocycles. The molecule has 0 aliphatic carbocycles. The van der Waals surface area contributed by atoms with E-state index in [4.69, 9.17) is 11.6 Å². The van der Waals surface area contributed by atoms with Crippen molar-refractivity contribution in [2.75, 3.05) is 10.6 Å². The number of carbonyl (C=O) groups is 1. The molecule has 0 radical (unpaired) electrons. The van der Waals surface area contributed by atoms with Crippen LogP contribution in [0.4, 0.5) is 22.7 Å². The number of nitro benzene ring substituents is 1. The first kappa shape index (κ1) is 20.0. The molecule has 0 atom stereocenters. The quantitative estimate of drug-likeness (QED) is 0.313. The van der Waals surface area contributed by atoms with Crippen molar-refractivity contribution < 1.29 is 9.72 Å². The molecule has 31 heavy (non-hydrogen) atoms. The fourth-order valence-electron chi connectivity index (χ4n) is 3.08. The highest BCUT2D eigenvalue weighted by atomic mass is 35.5. The van der Waals surface area contributed by atoms with Gasteiger partial charge in [-0.25, -0.2) is 4.98 Å². The zero-order valence-corrected chi connectivity index (χ0v) is 16.5. The summed E-state index contributed by atoms with van der Waals surface area (Å²) in [6, 6.07) is 16.1. The summed E-state index contributed by atoms with van der Waals surface area (Å²) >= 11 is 5.93. The van der Waals surface area contributed by atoms with E-state index in [9.17, 15) is 19.7 Å². The summed E-state index contributed by atoms with van der Waals surface area (Å²) in [4.78, 5) is 41.8. The maximum atomic E-state index is 12.4. The number of carbonyl (C=O) groups excluding carboxylic acids is 1. The average Bonchev–Trinajstić information content (AvgIpc) is 2.74. The molecule has 0 spiro atoms. The maximum Gasteiger partial charge on any atom is 0.295 e. The highest BCUT2D eigenvalue weighted by Gasteiger charge is 2.18. The van der Waals surface area contributed by atoms with Crippen LogP contribution in [0.5, 0.6) is 0 Å². The second-order valence-electron chi connectivity index (χ2n) is 6.51. The highest BCUT2D eigenvalue weighted by molar-refractivity contribution is 6.31. The van der Waals surface area contributed by atoms with Crippen LogP contribution in [0.1, 0.15) is 10.4 Å². The molecule has 9 nitrogen and oxygen atoms in total. The van der Waals surface area contributed by atoms with Gasteiger partial charge in [0.2, 0.25) is 0 Å². The number of hydrogen-bond donors (Lipinski definition) is 3. The fourth-order valence-corrected chi connectivity index (χ4v) is 3.27. The Bertz CT molecular complexity index is 1390. The minimum atomic E-state index is -0.593. The number of anilines is 3. The van der Waals surface area contributed by atoms with Gasteiger partial charge in [-0.15, -0.1) is 0 Å². The first-order chi connectivity index (χ1) is 14.9. The Morgan fingerprint density at radius 1 is 1.06 bits per heavy atom. The van der Waals surface area contributed by atoms with Crippen LogP contribution in [0.3, 0.4) is 0 Å². The first-order valence-electron chi connectivity index (χ1n) is 9.01. The summed E-state index contributed by atoms with van der Waals surface area (Å²) in [7, 11) is 0. The molecular formula is C21H14ClN5O4. The molecule has 1 amide bonds. The summed E-state index contributed by atoms with van der Waals surface area (Å²) in [5, 5.41) is 17.6. The van der Waals surface area contributed by atoms with E-state index in [1.54, 1.807) is 48.5 Å². The zero-order chi connectivity index (χ0) is 22.0. The highest BCUT2D eigenvalue weighted by Crippen LogP contribution is 2.30. The Balaban J connectivity index is 1.65. The monoisotopic (exact) mass is 435 g/mol. The molecule has 10 heteroatoms. The zero-order valence-electron chi connectivity index (χ0n) is 15.8. The molecule has 0 bridgehead atoms. The third kappa shape index (κ3) is 4.21. The van der Waals surface area contributed by atoms with E-state index in [1.807, 2.05) is 0 Å². The van der Waals surface area contributed by atoms with E-state index in [0.717, 1.165) is 6.33 Å². The van der Waals surface area contributed by atoms with E-state index in [-0.39, 0.29) is 22.5 Å². The topological polar surface area (TPSA) is 130 Å². The Morgan fingerprint density at radius 2 is 1.84 bits per heavy atom. The van der Waals surface area contributed by atoms with Crippen LogP contribution >= 0.6 is 11.6 Å². The van der Waals surface area contributed by atoms with E-state index < -0.39 is 10.5 Å². The molecule has 4 rings (SSSR count). The van der Waals surface area contributed by atoms with E-state index in [0.29, 0.717) is 27.6 Å². The number of H-pyrrole nitrogens is 1. The number of hydrogen-bond acceptors (Lipinski definition) is 6. The molecule has 3 N–H and O–H groups in total. The number of non-ortho nitro benzene ring substituents is 1. The normalized spacial score (nSPS) is 10.6. The Kier molecular flexibility index (Phi) is 5.33. The lowest BCUT2D eigenvalue weighted by molar-refractivity contribution is -0.383. The number of aromatic amines is 1. The predicted octanol–water partition coefficient (Wildman–Crippen LogP) is 4.48. The van der Waals surface area contributed by atoms with Crippen molar-refractivity contribution in [1.82, 2.24) is 9.97 Å². The first-order valence-corrected chi connectivity index (χ1v) is 9.39. The summed E-state index contributed by atoms with van der Waals surface area (Å²) in [5.41, 5.74) is 1.01. The van der Waals surface area contributed by atoms with Crippen molar-refractivity contribution in [3.05, 3.63) is 98.0 Å². The van der Waals surface area contributed by atoms with Crippen molar-refractivity contribution >= 4 is 51.2 Å². The molecular weight excluding hydrogens is 422 g/mol. The number of nitro groups is 1. The van der Waals surface area contributed by atoms with Crippen molar-refractivity contribution in [2.24, 2.45) is 0 Å². The molecule has 3 aromatic carbocycles. The lowest BCUT2D eigenvalue weighted by atomic mass is 10.1. The molecule has 0 unspecified atom stereocenters. The summed E-state index contributed by atoms with van der Waals surface area (Å²) in [6.45, 7) is 0. The summed E-state index contributed by atoms with van der Waals surface area (Å²) in [5.74, 6) is -0.332. The number of aromatic nitrogens is 2.